The van der Waals surface area contributed by atoms with Crippen LogP contribution in [0.4, 0.5) is 0 Å². The van der Waals surface area contributed by atoms with Gasteiger partial charge in [-0.1, -0.05) is 67.6 Å². The highest BCUT2D eigenvalue weighted by molar-refractivity contribution is 5.64. The first-order valence-corrected chi connectivity index (χ1v) is 9.46. The second-order valence-corrected chi connectivity index (χ2v) is 6.86. The second-order valence-electron chi connectivity index (χ2n) is 6.86. The zero-order chi connectivity index (χ0) is 20.1. The molecule has 0 amide bonds. The zero-order valence-electron chi connectivity index (χ0n) is 16.0. The summed E-state index contributed by atoms with van der Waals surface area (Å²) in [5, 5.41) is 0. The molecule has 0 radical (unpaired) electrons. The van der Waals surface area contributed by atoms with Gasteiger partial charge in [-0.05, 0) is 17.0 Å². The highest BCUT2D eigenvalue weighted by Gasteiger charge is 2.22. The molecule has 5 nitrogen and oxygen atoms in total. The first-order valence-electron chi connectivity index (χ1n) is 9.46. The van der Waals surface area contributed by atoms with Crippen molar-refractivity contribution in [2.75, 3.05) is 0 Å². The van der Waals surface area contributed by atoms with E-state index in [1.807, 2.05) is 67.6 Å². The predicted octanol–water partition coefficient (Wildman–Crippen LogP) is 4.69. The van der Waals surface area contributed by atoms with Gasteiger partial charge in [-0.25, -0.2) is 19.9 Å². The third-order valence-electron chi connectivity index (χ3n) is 5.00. The molecule has 0 aliphatic heterocycles. The van der Waals surface area contributed by atoms with E-state index in [2.05, 4.69) is 19.9 Å². The number of benzene rings is 2. The van der Waals surface area contributed by atoms with Crippen molar-refractivity contribution in [2.45, 2.75) is 18.8 Å². The van der Waals surface area contributed by atoms with Crippen molar-refractivity contribution < 1.29 is 4.79 Å². The molecule has 29 heavy (non-hydrogen) atoms. The third-order valence-corrected chi connectivity index (χ3v) is 5.00. The third kappa shape index (κ3) is 4.09. The fraction of sp³-hybridized carbons (Fsp3) is 0.125. The Kier molecular flexibility index (Phi) is 5.47. The van der Waals surface area contributed by atoms with Crippen molar-refractivity contribution in [1.29, 1.82) is 0 Å². The highest BCUT2D eigenvalue weighted by Crippen LogP contribution is 2.31. The summed E-state index contributed by atoms with van der Waals surface area (Å²) >= 11 is 0. The Bertz CT molecular complexity index is 1070. The fourth-order valence-corrected chi connectivity index (χ4v) is 3.25. The highest BCUT2D eigenvalue weighted by atomic mass is 16.1. The molecule has 0 N–H and O–H groups in total. The largest absolute Gasteiger partial charge is 0.303 e. The van der Waals surface area contributed by atoms with Gasteiger partial charge in [0.2, 0.25) is 0 Å². The van der Waals surface area contributed by atoms with Crippen molar-refractivity contribution in [3.63, 3.8) is 0 Å². The van der Waals surface area contributed by atoms with Crippen LogP contribution in [0, 0.1) is 0 Å². The summed E-state index contributed by atoms with van der Waals surface area (Å²) in [6, 6.07) is 19.6. The number of carbonyl (C=O) groups excluding carboxylic acids is 1. The van der Waals surface area contributed by atoms with Crippen molar-refractivity contribution in [3.8, 4) is 22.8 Å². The van der Waals surface area contributed by atoms with Crippen LogP contribution in [0.25, 0.3) is 22.8 Å². The Morgan fingerprint density at radius 3 is 1.48 bits per heavy atom. The van der Waals surface area contributed by atoms with Crippen LogP contribution in [0.3, 0.4) is 0 Å². The average Bonchev–Trinajstić information content (AvgIpc) is 2.81. The summed E-state index contributed by atoms with van der Waals surface area (Å²) in [5.74, 6) is 0.844. The summed E-state index contributed by atoms with van der Waals surface area (Å²) in [4.78, 5) is 29.7. The lowest BCUT2D eigenvalue weighted by atomic mass is 9.86. The van der Waals surface area contributed by atoms with Crippen molar-refractivity contribution in [3.05, 3.63) is 96.6 Å². The van der Waals surface area contributed by atoms with Gasteiger partial charge < -0.3 is 4.79 Å². The van der Waals surface area contributed by atoms with Gasteiger partial charge in [0.25, 0.3) is 0 Å². The van der Waals surface area contributed by atoms with Crippen molar-refractivity contribution >= 4 is 6.29 Å². The molecule has 142 valence electrons. The van der Waals surface area contributed by atoms with Gasteiger partial charge in [0.05, 0.1) is 0 Å². The van der Waals surface area contributed by atoms with Gasteiger partial charge in [-0.2, -0.15) is 0 Å². The summed E-state index contributed by atoms with van der Waals surface area (Å²) < 4.78 is 0. The Labute approximate surface area is 169 Å². The lowest BCUT2D eigenvalue weighted by molar-refractivity contribution is -0.109. The topological polar surface area (TPSA) is 68.6 Å². The summed E-state index contributed by atoms with van der Waals surface area (Å²) in [7, 11) is 0. The lowest BCUT2D eigenvalue weighted by Crippen LogP contribution is -2.12. The van der Waals surface area contributed by atoms with Crippen LogP contribution in [0.1, 0.15) is 29.9 Å². The molecule has 0 saturated heterocycles. The molecule has 0 saturated carbocycles. The van der Waals surface area contributed by atoms with Gasteiger partial charge in [0.1, 0.15) is 6.29 Å². The maximum absolute atomic E-state index is 11.9. The van der Waals surface area contributed by atoms with E-state index in [1.165, 1.54) is 0 Å². The average molecular weight is 380 g/mol. The minimum atomic E-state index is -0.369. The van der Waals surface area contributed by atoms with Gasteiger partial charge in [-0.15, -0.1) is 0 Å². The van der Waals surface area contributed by atoms with E-state index >= 15 is 0 Å². The van der Waals surface area contributed by atoms with Crippen LogP contribution >= 0.6 is 0 Å². The first kappa shape index (κ1) is 18.6. The number of hydrogen-bond acceptors (Lipinski definition) is 5. The van der Waals surface area contributed by atoms with E-state index in [9.17, 15) is 4.79 Å². The Morgan fingerprint density at radius 1 is 0.655 bits per heavy atom. The number of aromatic nitrogens is 4. The zero-order valence-corrected chi connectivity index (χ0v) is 16.0. The molecular weight excluding hydrogens is 360 g/mol. The van der Waals surface area contributed by atoms with E-state index in [4.69, 9.17) is 0 Å². The quantitative estimate of drug-likeness (QED) is 0.454. The van der Waals surface area contributed by atoms with E-state index in [0.29, 0.717) is 11.6 Å². The Hall–Kier alpha value is -3.73. The van der Waals surface area contributed by atoms with Crippen LogP contribution in [0.5, 0.6) is 0 Å². The van der Waals surface area contributed by atoms with Crippen LogP contribution in [0.2, 0.25) is 0 Å². The van der Waals surface area contributed by atoms with Gasteiger partial charge >= 0.3 is 0 Å². The number of carbonyl (C=O) groups is 1. The van der Waals surface area contributed by atoms with E-state index in [-0.39, 0.29) is 11.8 Å². The van der Waals surface area contributed by atoms with E-state index < -0.39 is 0 Å². The van der Waals surface area contributed by atoms with E-state index in [0.717, 1.165) is 28.5 Å². The maximum atomic E-state index is 11.9. The van der Waals surface area contributed by atoms with Gasteiger partial charge in [-0.3, -0.25) is 0 Å². The smallest absolute Gasteiger partial charge is 0.159 e. The molecule has 2 heterocycles. The monoisotopic (exact) mass is 380 g/mol. The fourth-order valence-electron chi connectivity index (χ4n) is 3.25. The molecule has 4 aromatic rings. The number of hydrogen-bond donors (Lipinski definition) is 0. The second kappa shape index (κ2) is 8.52. The lowest BCUT2D eigenvalue weighted by Gasteiger charge is -2.19. The standard InChI is InChI=1S/C24H20N4O/c1-17(20-12-25-23(26-13-20)18-8-4-2-5-9-18)22(16-29)21-14-27-24(28-15-21)19-10-6-3-7-11-19/h2-17,22H,1H3. The minimum Gasteiger partial charge on any atom is -0.303 e. The SMILES string of the molecule is CC(c1cnc(-c2ccccc2)nc1)C(C=O)c1cnc(-c2ccccc2)nc1. The van der Waals surface area contributed by atoms with Crippen molar-refractivity contribution in [1.82, 2.24) is 19.9 Å². The van der Waals surface area contributed by atoms with Gasteiger partial charge in [0, 0.05) is 41.8 Å². The molecule has 2 aromatic carbocycles. The molecule has 0 aliphatic rings. The predicted molar refractivity (Wildman–Crippen MR) is 112 cm³/mol. The molecule has 2 unspecified atom stereocenters. The molecule has 0 spiro atoms. The summed E-state index contributed by atoms with van der Waals surface area (Å²) in [6.07, 6.45) is 7.97. The Balaban J connectivity index is 1.55. The molecule has 2 atom stereocenters. The Morgan fingerprint density at radius 2 is 1.07 bits per heavy atom. The minimum absolute atomic E-state index is 0.0940. The molecule has 4 rings (SSSR count). The molecule has 0 fully saturated rings. The number of nitrogens with zero attached hydrogens (tertiary/aromatic N) is 4. The normalized spacial score (nSPS) is 12.9. The van der Waals surface area contributed by atoms with Crippen LogP contribution in [0.15, 0.2) is 85.5 Å². The van der Waals surface area contributed by atoms with Gasteiger partial charge in [0.15, 0.2) is 11.6 Å². The molecule has 0 aliphatic carbocycles. The molecular formula is C24H20N4O. The molecule has 2 aromatic heterocycles. The first-order chi connectivity index (χ1) is 14.3. The summed E-state index contributed by atoms with van der Waals surface area (Å²) in [6.45, 7) is 1.99. The maximum Gasteiger partial charge on any atom is 0.159 e. The van der Waals surface area contributed by atoms with Crippen LogP contribution in [-0.2, 0) is 4.79 Å². The van der Waals surface area contributed by atoms with Crippen molar-refractivity contribution in [2.24, 2.45) is 0 Å². The summed E-state index contributed by atoms with van der Waals surface area (Å²) in [5.41, 5.74) is 3.58. The molecule has 5 heteroatoms. The van der Waals surface area contributed by atoms with E-state index in [1.54, 1.807) is 24.8 Å². The van der Waals surface area contributed by atoms with Crippen LogP contribution in [-0.4, -0.2) is 26.2 Å². The van der Waals surface area contributed by atoms with Crippen LogP contribution < -0.4 is 0 Å². The molecule has 0 bridgehead atoms. The number of rotatable bonds is 6. The number of aldehydes is 1.